The Labute approximate surface area is 237 Å². The molecule has 0 unspecified atom stereocenters. The van der Waals surface area contributed by atoms with E-state index in [1.165, 1.54) is 18.6 Å². The van der Waals surface area contributed by atoms with Gasteiger partial charge in [-0.3, -0.25) is 14.8 Å². The number of fused-ring (bicyclic) bond motifs is 4. The number of aryl methyl sites for hydroxylation is 3. The average Bonchev–Trinajstić information content (AvgIpc) is 3.22. The van der Waals surface area contributed by atoms with Gasteiger partial charge in [0.2, 0.25) is 0 Å². The smallest absolute Gasteiger partial charge is 0.155 e. The van der Waals surface area contributed by atoms with Crippen LogP contribution >= 0.6 is 0 Å². The zero-order valence-corrected chi connectivity index (χ0v) is 25.1. The molecule has 0 amide bonds. The predicted molar refractivity (Wildman–Crippen MR) is 151 cm³/mol. The Bertz CT molecular complexity index is 1630. The van der Waals surface area contributed by atoms with Crippen molar-refractivity contribution in [2.75, 3.05) is 0 Å². The number of nitrogens with zero attached hydrogens (tertiary/aromatic N) is 2. The second-order valence-corrected chi connectivity index (χ2v) is 9.62. The fourth-order valence-electron chi connectivity index (χ4n) is 4.60. The molecule has 199 valence electrons. The summed E-state index contributed by atoms with van der Waals surface area (Å²) in [6, 6.07) is 17.9. The van der Waals surface area contributed by atoms with E-state index in [0.29, 0.717) is 0 Å². The van der Waals surface area contributed by atoms with Crippen molar-refractivity contribution in [1.82, 2.24) is 9.97 Å². The van der Waals surface area contributed by atoms with Crippen LogP contribution in [0.3, 0.4) is 0 Å². The quantitative estimate of drug-likeness (QED) is 0.114. The first-order valence-electron chi connectivity index (χ1n) is 12.7. The molecule has 3 heterocycles. The van der Waals surface area contributed by atoms with Gasteiger partial charge in [0.15, 0.2) is 5.78 Å². The third kappa shape index (κ3) is 6.37. The van der Waals surface area contributed by atoms with Crippen LogP contribution in [0.4, 0.5) is 0 Å². The summed E-state index contributed by atoms with van der Waals surface area (Å²) in [7, 11) is 0. The first-order valence-corrected chi connectivity index (χ1v) is 12.7. The average molecular weight is 686 g/mol. The number of furan rings is 1. The Morgan fingerprint density at radius 2 is 1.74 bits per heavy atom. The number of aromatic nitrogens is 2. The number of ketones is 1. The molecular weight excluding hydrogens is 653 g/mol. The molecule has 3 aromatic heterocycles. The Hall–Kier alpha value is -3.34. The minimum Gasteiger partial charge on any atom is -0.512 e. The van der Waals surface area contributed by atoms with Crippen LogP contribution in [-0.2, 0) is 24.9 Å². The van der Waals surface area contributed by atoms with E-state index >= 15 is 0 Å². The van der Waals surface area contributed by atoms with Crippen molar-refractivity contribution < 1.29 is 34.4 Å². The molecule has 0 saturated carbocycles. The molecule has 2 aromatic carbocycles. The molecule has 0 saturated heterocycles. The fraction of sp³-hybridized carbons (Fsp3) is 0.281. The number of hydrogen-bond donors (Lipinski definition) is 1. The third-order valence-corrected chi connectivity index (χ3v) is 6.53. The molecule has 0 atom stereocenters. The van der Waals surface area contributed by atoms with E-state index in [4.69, 9.17) is 9.40 Å². The first-order chi connectivity index (χ1) is 17.7. The van der Waals surface area contributed by atoms with Crippen molar-refractivity contribution in [3.8, 4) is 11.3 Å². The normalized spacial score (nSPS) is 11.5. The minimum absolute atomic E-state index is 0. The Morgan fingerprint density at radius 3 is 2.42 bits per heavy atom. The molecule has 5 rings (SSSR count). The third-order valence-electron chi connectivity index (χ3n) is 6.53. The maximum atomic E-state index is 10.6. The Morgan fingerprint density at radius 1 is 1.00 bits per heavy atom. The van der Waals surface area contributed by atoms with Crippen LogP contribution in [0.5, 0.6) is 0 Å². The molecule has 0 aliphatic carbocycles. The van der Waals surface area contributed by atoms with E-state index in [-0.39, 0.29) is 37.6 Å². The summed E-state index contributed by atoms with van der Waals surface area (Å²) in [5, 5.41) is 11.6. The number of carbonyl (C=O) groups excluding carboxylic acids is 1. The van der Waals surface area contributed by atoms with Gasteiger partial charge in [-0.25, -0.2) is 0 Å². The van der Waals surface area contributed by atoms with Gasteiger partial charge in [0.05, 0.1) is 22.4 Å². The summed E-state index contributed by atoms with van der Waals surface area (Å²) in [5.41, 5.74) is 8.79. The standard InChI is InChI=1S/C23H17N2O.C9H16O2.Ir/c1-13-8-15(3)23-18(9-13)17-5-4-16(11-22(17)26-23)19-6-7-20-21(25-19)10-14(2)12-24-20;1-4-8(5-2)9(11)6-7(3)10;/h4-10,12H,1-3H3;6,8,11H,4-5H2,1-3H3;/q-1;;/b;9-6-;. The fourth-order valence-corrected chi connectivity index (χ4v) is 4.60. The van der Waals surface area contributed by atoms with Crippen LogP contribution in [0.2, 0.25) is 0 Å². The van der Waals surface area contributed by atoms with Crippen molar-refractivity contribution in [3.63, 3.8) is 0 Å². The van der Waals surface area contributed by atoms with Crippen LogP contribution in [0.1, 0.15) is 50.3 Å². The molecule has 0 fully saturated rings. The van der Waals surface area contributed by atoms with Crippen LogP contribution in [-0.4, -0.2) is 20.9 Å². The molecule has 0 aliphatic rings. The van der Waals surface area contributed by atoms with Crippen LogP contribution in [0, 0.1) is 32.8 Å². The molecule has 1 radical (unpaired) electrons. The largest absolute Gasteiger partial charge is 0.512 e. The van der Waals surface area contributed by atoms with Crippen LogP contribution in [0.25, 0.3) is 44.2 Å². The minimum atomic E-state index is -0.0885. The monoisotopic (exact) mass is 686 g/mol. The summed E-state index contributed by atoms with van der Waals surface area (Å²) in [5.74, 6) is 0.288. The number of pyridine rings is 2. The molecule has 0 bridgehead atoms. The van der Waals surface area contributed by atoms with Crippen molar-refractivity contribution in [1.29, 1.82) is 0 Å². The van der Waals surface area contributed by atoms with E-state index < -0.39 is 0 Å². The maximum Gasteiger partial charge on any atom is 0.155 e. The Kier molecular flexibility index (Phi) is 9.59. The predicted octanol–water partition coefficient (Wildman–Crippen LogP) is 8.37. The van der Waals surface area contributed by atoms with Crippen molar-refractivity contribution in [2.45, 2.75) is 54.4 Å². The number of hydrogen-bond acceptors (Lipinski definition) is 5. The van der Waals surface area contributed by atoms with E-state index in [1.807, 2.05) is 39.1 Å². The van der Waals surface area contributed by atoms with E-state index in [9.17, 15) is 9.90 Å². The van der Waals surface area contributed by atoms with Gasteiger partial charge < -0.3 is 9.52 Å². The molecule has 1 N–H and O–H groups in total. The number of carbonyl (C=O) groups is 1. The van der Waals surface area contributed by atoms with Gasteiger partial charge in [0.25, 0.3) is 0 Å². The summed E-state index contributed by atoms with van der Waals surface area (Å²) in [6.45, 7) is 11.7. The van der Waals surface area contributed by atoms with Crippen LogP contribution in [0.15, 0.2) is 64.9 Å². The van der Waals surface area contributed by atoms with Gasteiger partial charge in [0.1, 0.15) is 5.58 Å². The van der Waals surface area contributed by atoms with Gasteiger partial charge in [-0.15, -0.1) is 17.7 Å². The number of aliphatic hydroxyl groups excluding tert-OH is 1. The number of allylic oxidation sites excluding steroid dienone is 2. The molecule has 0 aliphatic heterocycles. The molecule has 6 heteroatoms. The Balaban J connectivity index is 0.000000287. The SMILES string of the molecule is CCC(CC)/C(O)=C/C(C)=O.Cc1cnc2ccc(-c3[c-]c4oc5c(C)cc(C)cc5c4cc3)nc2c1.[Ir]. The number of benzene rings is 2. The molecule has 38 heavy (non-hydrogen) atoms. The van der Waals surface area contributed by atoms with Crippen molar-refractivity contribution >= 4 is 38.8 Å². The first kappa shape index (κ1) is 29.2. The van der Waals surface area contributed by atoms with Crippen LogP contribution < -0.4 is 0 Å². The van der Waals surface area contributed by atoms with E-state index in [1.54, 1.807) is 0 Å². The number of aliphatic hydroxyl groups is 1. The summed E-state index contributed by atoms with van der Waals surface area (Å²) < 4.78 is 6.11. The summed E-state index contributed by atoms with van der Waals surface area (Å²) >= 11 is 0. The van der Waals surface area contributed by atoms with Gasteiger partial charge >= 0.3 is 0 Å². The maximum absolute atomic E-state index is 10.6. The zero-order chi connectivity index (χ0) is 26.7. The zero-order valence-electron chi connectivity index (χ0n) is 22.7. The van der Waals surface area contributed by atoms with E-state index in [2.05, 4.69) is 55.2 Å². The molecule has 0 spiro atoms. The van der Waals surface area contributed by atoms with Crippen molar-refractivity contribution in [2.24, 2.45) is 5.92 Å². The summed E-state index contributed by atoms with van der Waals surface area (Å²) in [6.07, 6.45) is 4.93. The summed E-state index contributed by atoms with van der Waals surface area (Å²) in [4.78, 5) is 19.7. The van der Waals surface area contributed by atoms with Gasteiger partial charge in [-0.1, -0.05) is 49.1 Å². The van der Waals surface area contributed by atoms with Crippen molar-refractivity contribution in [3.05, 3.63) is 83.3 Å². The second-order valence-electron chi connectivity index (χ2n) is 9.62. The second kappa shape index (κ2) is 12.5. The van der Waals surface area contributed by atoms with E-state index in [0.717, 1.165) is 68.2 Å². The van der Waals surface area contributed by atoms with Gasteiger partial charge in [-0.2, -0.15) is 0 Å². The van der Waals surface area contributed by atoms with Gasteiger partial charge in [0, 0.05) is 38.3 Å². The molecule has 5 aromatic rings. The number of rotatable bonds is 5. The topological polar surface area (TPSA) is 76.2 Å². The molecule has 5 nitrogen and oxygen atoms in total. The van der Waals surface area contributed by atoms with Gasteiger partial charge in [-0.05, 0) is 74.9 Å². The molecular formula is C32H33IrN2O3-.